The number of aliphatic hydroxyl groups is 1. The van der Waals surface area contributed by atoms with Crippen molar-refractivity contribution in [2.45, 2.75) is 55.6 Å². The van der Waals surface area contributed by atoms with Gasteiger partial charge in [0, 0.05) is 63.0 Å². The molecule has 1 saturated carbocycles. The van der Waals surface area contributed by atoms with Crippen LogP contribution in [0.4, 0.5) is 4.79 Å². The number of nitrogens with zero attached hydrogens (tertiary/aromatic N) is 4. The van der Waals surface area contributed by atoms with Crippen molar-refractivity contribution in [2.75, 3.05) is 46.4 Å². The van der Waals surface area contributed by atoms with E-state index in [0.29, 0.717) is 45.6 Å². The maximum absolute atomic E-state index is 13.2. The van der Waals surface area contributed by atoms with Gasteiger partial charge in [0.1, 0.15) is 10.6 Å². The quantitative estimate of drug-likeness (QED) is 0.511. The molecule has 2 amide bonds. The van der Waals surface area contributed by atoms with Crippen LogP contribution in [-0.2, 0) is 17.1 Å². The minimum absolute atomic E-state index is 0.00164. The van der Waals surface area contributed by atoms with Gasteiger partial charge in [-0.2, -0.15) is 5.10 Å². The molecule has 1 aromatic heterocycles. The van der Waals surface area contributed by atoms with Crippen molar-refractivity contribution in [1.29, 1.82) is 0 Å². The van der Waals surface area contributed by atoms with Crippen LogP contribution in [0.15, 0.2) is 35.5 Å². The van der Waals surface area contributed by atoms with Crippen LogP contribution in [0.25, 0.3) is 11.1 Å². The monoisotopic (exact) mass is 560 g/mol. The number of nitrogens with one attached hydrogen (secondary N) is 2. The zero-order chi connectivity index (χ0) is 27.6. The summed E-state index contributed by atoms with van der Waals surface area (Å²) in [5.41, 5.74) is 1.34. The Labute approximate surface area is 230 Å². The SMILES string of the molecule is CN1CC(O)CNS(=O)(=O)c2ccc(-c3cnn(C)c3)cc2OCC2(CCN(C(=O)NC3CCCC3)CC2)C1. The van der Waals surface area contributed by atoms with E-state index in [1.807, 2.05) is 30.1 Å². The van der Waals surface area contributed by atoms with Gasteiger partial charge >= 0.3 is 6.03 Å². The van der Waals surface area contributed by atoms with Crippen molar-refractivity contribution in [2.24, 2.45) is 12.5 Å². The summed E-state index contributed by atoms with van der Waals surface area (Å²) in [4.78, 5) is 16.9. The number of rotatable bonds is 2. The molecule has 3 aliphatic rings. The van der Waals surface area contributed by atoms with Crippen LogP contribution in [0, 0.1) is 5.41 Å². The fourth-order valence-electron chi connectivity index (χ4n) is 6.04. The molecule has 3 heterocycles. The molecule has 2 aliphatic heterocycles. The molecule has 2 aromatic rings. The van der Waals surface area contributed by atoms with Gasteiger partial charge < -0.3 is 25.0 Å². The number of hydrogen-bond acceptors (Lipinski definition) is 7. The predicted molar refractivity (Wildman–Crippen MR) is 147 cm³/mol. The topological polar surface area (TPSA) is 129 Å². The number of aryl methyl sites for hydroxylation is 1. The molecule has 11 nitrogen and oxygen atoms in total. The molecule has 2 fully saturated rings. The molecule has 12 heteroatoms. The zero-order valence-corrected chi connectivity index (χ0v) is 23.6. The van der Waals surface area contributed by atoms with E-state index in [2.05, 4.69) is 15.1 Å². The number of aromatic nitrogens is 2. The number of sulfonamides is 1. The van der Waals surface area contributed by atoms with Crippen molar-refractivity contribution in [3.63, 3.8) is 0 Å². The van der Waals surface area contributed by atoms with Gasteiger partial charge in [0.05, 0.1) is 18.9 Å². The van der Waals surface area contributed by atoms with Crippen molar-refractivity contribution in [1.82, 2.24) is 29.6 Å². The lowest BCUT2D eigenvalue weighted by Gasteiger charge is -2.44. The first-order valence-corrected chi connectivity index (χ1v) is 15.3. The van der Waals surface area contributed by atoms with Crippen molar-refractivity contribution in [3.05, 3.63) is 30.6 Å². The van der Waals surface area contributed by atoms with Gasteiger partial charge in [-0.3, -0.25) is 4.68 Å². The summed E-state index contributed by atoms with van der Waals surface area (Å²) < 4.78 is 37.1. The average Bonchev–Trinajstić information content (AvgIpc) is 3.58. The van der Waals surface area contributed by atoms with E-state index in [0.717, 1.165) is 24.0 Å². The third-order valence-electron chi connectivity index (χ3n) is 8.24. The predicted octanol–water partition coefficient (Wildman–Crippen LogP) is 1.78. The number of likely N-dealkylation sites (N-methyl/N-ethyl adjacent to an activating group) is 1. The van der Waals surface area contributed by atoms with Crippen LogP contribution < -0.4 is 14.8 Å². The Morgan fingerprint density at radius 2 is 1.92 bits per heavy atom. The summed E-state index contributed by atoms with van der Waals surface area (Å²) in [6.45, 7) is 2.38. The molecule has 3 N–H and O–H groups in total. The molecule has 1 aliphatic carbocycles. The zero-order valence-electron chi connectivity index (χ0n) is 22.8. The molecule has 1 saturated heterocycles. The van der Waals surface area contributed by atoms with E-state index in [-0.39, 0.29) is 34.7 Å². The van der Waals surface area contributed by atoms with E-state index in [4.69, 9.17) is 4.74 Å². The number of aliphatic hydroxyl groups excluding tert-OH is 1. The fourth-order valence-corrected chi connectivity index (χ4v) is 7.23. The molecule has 0 bridgehead atoms. The van der Waals surface area contributed by atoms with Crippen LogP contribution in [-0.4, -0.2) is 97.7 Å². The maximum atomic E-state index is 13.2. The van der Waals surface area contributed by atoms with Gasteiger partial charge in [-0.05, 0) is 50.4 Å². The highest BCUT2D eigenvalue weighted by Crippen LogP contribution is 2.36. The first-order chi connectivity index (χ1) is 18.6. The molecule has 5 rings (SSSR count). The largest absolute Gasteiger partial charge is 0.492 e. The Morgan fingerprint density at radius 1 is 1.18 bits per heavy atom. The number of likely N-dealkylation sites (tertiary alicyclic amines) is 1. The molecule has 1 unspecified atom stereocenters. The minimum Gasteiger partial charge on any atom is -0.492 e. The van der Waals surface area contributed by atoms with E-state index in [9.17, 15) is 18.3 Å². The first-order valence-electron chi connectivity index (χ1n) is 13.8. The molecule has 1 aromatic carbocycles. The number of carbonyl (C=O) groups excluding carboxylic acids is 1. The Balaban J connectivity index is 1.39. The average molecular weight is 561 g/mol. The van der Waals surface area contributed by atoms with Crippen molar-refractivity contribution >= 4 is 16.1 Å². The molecule has 214 valence electrons. The Kier molecular flexibility index (Phi) is 8.18. The highest BCUT2D eigenvalue weighted by atomic mass is 32.2. The normalized spacial score (nSPS) is 24.4. The van der Waals surface area contributed by atoms with Crippen LogP contribution >= 0.6 is 0 Å². The lowest BCUT2D eigenvalue weighted by atomic mass is 9.78. The Morgan fingerprint density at radius 3 is 2.62 bits per heavy atom. The summed E-state index contributed by atoms with van der Waals surface area (Å²) >= 11 is 0. The number of benzene rings is 1. The standard InChI is InChI=1S/C27H40N6O5S/c1-31-17-23(34)15-29-39(36,37)25-8-7-20(21-14-28-32(2)16-21)13-24(25)38-19-27(18-31)9-11-33(12-10-27)26(35)30-22-5-3-4-6-22/h7-8,13-14,16,22-23,29,34H,3-6,9-12,15,17-19H2,1-2H3,(H,30,35). The Hall–Kier alpha value is -2.67. The first kappa shape index (κ1) is 27.9. The van der Waals surface area contributed by atoms with Crippen molar-refractivity contribution < 1.29 is 23.1 Å². The Bertz CT molecular complexity index is 1270. The summed E-state index contributed by atoms with van der Waals surface area (Å²) in [6.07, 6.45) is 8.58. The third-order valence-corrected chi connectivity index (χ3v) is 9.70. The van der Waals surface area contributed by atoms with Crippen LogP contribution in [0.1, 0.15) is 38.5 Å². The number of carbonyl (C=O) groups is 1. The minimum atomic E-state index is -3.92. The molecule has 39 heavy (non-hydrogen) atoms. The van der Waals surface area contributed by atoms with Gasteiger partial charge in [0.25, 0.3) is 0 Å². The number of hydrogen-bond donors (Lipinski definition) is 3. The smallest absolute Gasteiger partial charge is 0.317 e. The van der Waals surface area contributed by atoms with Gasteiger partial charge in [0.2, 0.25) is 10.0 Å². The van der Waals surface area contributed by atoms with Crippen LogP contribution in [0.5, 0.6) is 5.75 Å². The lowest BCUT2D eigenvalue weighted by molar-refractivity contribution is 0.0241. The third kappa shape index (κ3) is 6.56. The summed E-state index contributed by atoms with van der Waals surface area (Å²) in [5, 5.41) is 18.0. The number of piperidine rings is 1. The second kappa shape index (κ2) is 11.4. The van der Waals surface area contributed by atoms with Gasteiger partial charge in [-0.25, -0.2) is 17.9 Å². The van der Waals surface area contributed by atoms with E-state index >= 15 is 0 Å². The van der Waals surface area contributed by atoms with E-state index in [1.165, 1.54) is 12.8 Å². The molecular weight excluding hydrogens is 520 g/mol. The number of ether oxygens (including phenoxy) is 1. The number of amides is 2. The summed E-state index contributed by atoms with van der Waals surface area (Å²) in [5.74, 6) is 0.266. The van der Waals surface area contributed by atoms with Crippen LogP contribution in [0.2, 0.25) is 0 Å². The second-order valence-corrected chi connectivity index (χ2v) is 13.2. The fraction of sp³-hybridized carbons (Fsp3) is 0.630. The van der Waals surface area contributed by atoms with Gasteiger partial charge in [0.15, 0.2) is 0 Å². The number of urea groups is 1. The van der Waals surface area contributed by atoms with Crippen LogP contribution in [0.3, 0.4) is 0 Å². The van der Waals surface area contributed by atoms with E-state index < -0.39 is 16.1 Å². The number of β-amino-alcohol motifs (C(OH)–C–C–N with tert-alkyl or cyclic N) is 1. The molecule has 0 radical (unpaired) electrons. The van der Waals surface area contributed by atoms with Crippen molar-refractivity contribution in [3.8, 4) is 16.9 Å². The van der Waals surface area contributed by atoms with Gasteiger partial charge in [-0.15, -0.1) is 0 Å². The van der Waals surface area contributed by atoms with Gasteiger partial charge in [-0.1, -0.05) is 18.9 Å². The number of fused-ring (bicyclic) bond motifs is 1. The second-order valence-electron chi connectivity index (χ2n) is 11.5. The lowest BCUT2D eigenvalue weighted by Crippen LogP contribution is -2.54. The highest BCUT2D eigenvalue weighted by Gasteiger charge is 2.39. The summed E-state index contributed by atoms with van der Waals surface area (Å²) in [7, 11) is -0.166. The molecular formula is C27H40N6O5S. The maximum Gasteiger partial charge on any atom is 0.317 e. The highest BCUT2D eigenvalue weighted by molar-refractivity contribution is 7.89. The molecule has 1 spiro atoms. The van der Waals surface area contributed by atoms with E-state index in [1.54, 1.807) is 29.1 Å². The summed E-state index contributed by atoms with van der Waals surface area (Å²) in [6, 6.07) is 5.30. The molecule has 1 atom stereocenters.